The summed E-state index contributed by atoms with van der Waals surface area (Å²) >= 11 is 0. The van der Waals surface area contributed by atoms with E-state index in [1.165, 1.54) is 6.07 Å². The fraction of sp³-hybridized carbons (Fsp3) is 0.500. The second kappa shape index (κ2) is 6.62. The predicted molar refractivity (Wildman–Crippen MR) is 72.6 cm³/mol. The van der Waals surface area contributed by atoms with Crippen LogP contribution in [-0.2, 0) is 6.18 Å². The third-order valence-electron chi connectivity index (χ3n) is 2.95. The number of hydrogen-bond donors (Lipinski definition) is 0. The molecule has 0 amide bonds. The maximum absolute atomic E-state index is 12.6. The van der Waals surface area contributed by atoms with Crippen LogP contribution in [0, 0.1) is 11.3 Å². The smallest absolute Gasteiger partial charge is 0.373 e. The highest BCUT2D eigenvalue weighted by molar-refractivity contribution is 5.60. The zero-order valence-electron chi connectivity index (χ0n) is 11.8. The maximum atomic E-state index is 12.6. The molecule has 0 aliphatic carbocycles. The molecule has 0 bridgehead atoms. The van der Waals surface area contributed by atoms with E-state index < -0.39 is 11.7 Å². The van der Waals surface area contributed by atoms with Gasteiger partial charge in [-0.1, -0.05) is 0 Å². The number of alkyl halides is 3. The highest BCUT2D eigenvalue weighted by atomic mass is 19.4. The van der Waals surface area contributed by atoms with E-state index in [1.54, 1.807) is 7.05 Å². The first kappa shape index (κ1) is 16.3. The van der Waals surface area contributed by atoms with E-state index in [2.05, 4.69) is 0 Å². The molecule has 0 heterocycles. The lowest BCUT2D eigenvalue weighted by Crippen LogP contribution is -2.24. The number of nitriles is 1. The fourth-order valence-electron chi connectivity index (χ4n) is 1.88. The molecule has 0 saturated carbocycles. The number of hydrogen-bond acceptors (Lipinski definition) is 3. The van der Waals surface area contributed by atoms with Crippen LogP contribution in [0.25, 0.3) is 0 Å². The van der Waals surface area contributed by atoms with Crippen molar-refractivity contribution in [2.75, 3.05) is 39.1 Å². The lowest BCUT2D eigenvalue weighted by atomic mass is 10.1. The van der Waals surface area contributed by atoms with E-state index in [0.29, 0.717) is 12.2 Å². The zero-order chi connectivity index (χ0) is 15.3. The van der Waals surface area contributed by atoms with Crippen LogP contribution in [0.3, 0.4) is 0 Å². The second-order valence-electron chi connectivity index (χ2n) is 4.92. The van der Waals surface area contributed by atoms with Crippen LogP contribution in [-0.4, -0.2) is 39.1 Å². The summed E-state index contributed by atoms with van der Waals surface area (Å²) in [5.41, 5.74) is -0.217. The number of nitrogens with zero attached hydrogens (tertiary/aromatic N) is 3. The van der Waals surface area contributed by atoms with E-state index in [1.807, 2.05) is 30.0 Å². The SMILES string of the molecule is CN(C)CCCN(C)c1ccc(C(F)(F)F)cc1C#N. The van der Waals surface area contributed by atoms with Gasteiger partial charge >= 0.3 is 6.18 Å². The van der Waals surface area contributed by atoms with Crippen LogP contribution in [0.15, 0.2) is 18.2 Å². The molecule has 1 rings (SSSR count). The third kappa shape index (κ3) is 4.42. The van der Waals surface area contributed by atoms with E-state index >= 15 is 0 Å². The number of anilines is 1. The van der Waals surface area contributed by atoms with Crippen molar-refractivity contribution >= 4 is 5.69 Å². The molecule has 0 atom stereocenters. The summed E-state index contributed by atoms with van der Waals surface area (Å²) in [6, 6.07) is 5.11. The molecular formula is C14H18F3N3. The van der Waals surface area contributed by atoms with Crippen LogP contribution in [0.1, 0.15) is 17.5 Å². The Kier molecular flexibility index (Phi) is 5.40. The molecule has 0 N–H and O–H groups in total. The topological polar surface area (TPSA) is 30.3 Å². The van der Waals surface area contributed by atoms with Gasteiger partial charge in [-0.3, -0.25) is 0 Å². The Morgan fingerprint density at radius 1 is 1.15 bits per heavy atom. The summed E-state index contributed by atoms with van der Waals surface area (Å²) in [6.45, 7) is 1.56. The van der Waals surface area contributed by atoms with Gasteiger partial charge in [0.25, 0.3) is 0 Å². The van der Waals surface area contributed by atoms with Crippen molar-refractivity contribution in [1.29, 1.82) is 5.26 Å². The molecule has 0 saturated heterocycles. The van der Waals surface area contributed by atoms with Crippen LogP contribution in [0.4, 0.5) is 18.9 Å². The van der Waals surface area contributed by atoms with Crippen LogP contribution in [0.5, 0.6) is 0 Å². The number of benzene rings is 1. The highest BCUT2D eigenvalue weighted by Crippen LogP contribution is 2.32. The first-order chi connectivity index (χ1) is 9.25. The summed E-state index contributed by atoms with van der Waals surface area (Å²) in [5, 5.41) is 9.02. The van der Waals surface area contributed by atoms with Crippen molar-refractivity contribution in [2.24, 2.45) is 0 Å². The van der Waals surface area contributed by atoms with Crippen molar-refractivity contribution < 1.29 is 13.2 Å². The van der Waals surface area contributed by atoms with Crippen LogP contribution < -0.4 is 4.90 Å². The Bertz CT molecular complexity index is 489. The van der Waals surface area contributed by atoms with E-state index in [0.717, 1.165) is 25.1 Å². The summed E-state index contributed by atoms with van der Waals surface area (Å²) in [5.74, 6) is 0. The average molecular weight is 285 g/mol. The van der Waals surface area contributed by atoms with Gasteiger partial charge in [0, 0.05) is 13.6 Å². The molecular weight excluding hydrogens is 267 g/mol. The van der Waals surface area contributed by atoms with Gasteiger partial charge in [0.1, 0.15) is 6.07 Å². The van der Waals surface area contributed by atoms with E-state index in [-0.39, 0.29) is 5.56 Å². The van der Waals surface area contributed by atoms with Gasteiger partial charge in [0.2, 0.25) is 0 Å². The normalized spacial score (nSPS) is 11.5. The second-order valence-corrected chi connectivity index (χ2v) is 4.92. The molecule has 1 aromatic rings. The molecule has 0 spiro atoms. The summed E-state index contributed by atoms with van der Waals surface area (Å²) < 4.78 is 37.8. The first-order valence-electron chi connectivity index (χ1n) is 6.23. The Labute approximate surface area is 117 Å². The van der Waals surface area contributed by atoms with Gasteiger partial charge in [-0.05, 0) is 45.3 Å². The first-order valence-corrected chi connectivity index (χ1v) is 6.23. The Morgan fingerprint density at radius 2 is 1.80 bits per heavy atom. The Morgan fingerprint density at radius 3 is 2.30 bits per heavy atom. The van der Waals surface area contributed by atoms with Gasteiger partial charge in [-0.15, -0.1) is 0 Å². The summed E-state index contributed by atoms with van der Waals surface area (Å²) in [4.78, 5) is 3.84. The molecule has 0 radical (unpaired) electrons. The molecule has 3 nitrogen and oxygen atoms in total. The van der Waals surface area contributed by atoms with Crippen LogP contribution >= 0.6 is 0 Å². The molecule has 0 aliphatic rings. The standard InChI is InChI=1S/C14H18F3N3/c1-19(2)7-4-8-20(3)13-6-5-12(14(15,16)17)9-11(13)10-18/h5-6,9H,4,7-8H2,1-3H3. The van der Waals surface area contributed by atoms with Crippen molar-refractivity contribution in [2.45, 2.75) is 12.6 Å². The molecule has 0 aliphatic heterocycles. The molecule has 20 heavy (non-hydrogen) atoms. The largest absolute Gasteiger partial charge is 0.416 e. The van der Waals surface area contributed by atoms with Gasteiger partial charge in [0.05, 0.1) is 16.8 Å². The van der Waals surface area contributed by atoms with E-state index in [9.17, 15) is 13.2 Å². The molecule has 1 aromatic carbocycles. The molecule has 6 heteroatoms. The molecule has 110 valence electrons. The van der Waals surface area contributed by atoms with Gasteiger partial charge in [-0.25, -0.2) is 0 Å². The average Bonchev–Trinajstić information content (AvgIpc) is 2.36. The fourth-order valence-corrected chi connectivity index (χ4v) is 1.88. The molecule has 0 fully saturated rings. The lowest BCUT2D eigenvalue weighted by Gasteiger charge is -2.22. The predicted octanol–water partition coefficient (Wildman–Crippen LogP) is 2.96. The number of halogens is 3. The minimum absolute atomic E-state index is 0.0483. The minimum Gasteiger partial charge on any atom is -0.373 e. The van der Waals surface area contributed by atoms with Gasteiger partial charge < -0.3 is 9.80 Å². The van der Waals surface area contributed by atoms with Crippen LogP contribution in [0.2, 0.25) is 0 Å². The highest BCUT2D eigenvalue weighted by Gasteiger charge is 2.31. The minimum atomic E-state index is -4.42. The van der Waals surface area contributed by atoms with Crippen molar-refractivity contribution in [3.63, 3.8) is 0 Å². The molecule has 0 aromatic heterocycles. The van der Waals surface area contributed by atoms with Gasteiger partial charge in [-0.2, -0.15) is 18.4 Å². The van der Waals surface area contributed by atoms with Crippen molar-refractivity contribution in [3.8, 4) is 6.07 Å². The maximum Gasteiger partial charge on any atom is 0.416 e. The Balaban J connectivity index is 2.88. The van der Waals surface area contributed by atoms with Crippen molar-refractivity contribution in [3.05, 3.63) is 29.3 Å². The summed E-state index contributed by atoms with van der Waals surface area (Å²) in [7, 11) is 5.69. The third-order valence-corrected chi connectivity index (χ3v) is 2.95. The lowest BCUT2D eigenvalue weighted by molar-refractivity contribution is -0.137. The number of rotatable bonds is 5. The summed E-state index contributed by atoms with van der Waals surface area (Å²) in [6.07, 6.45) is -3.55. The quantitative estimate of drug-likeness (QED) is 0.833. The Hall–Kier alpha value is -1.74. The van der Waals surface area contributed by atoms with Crippen molar-refractivity contribution in [1.82, 2.24) is 4.90 Å². The molecule has 0 unspecified atom stereocenters. The monoisotopic (exact) mass is 285 g/mol. The van der Waals surface area contributed by atoms with Gasteiger partial charge in [0.15, 0.2) is 0 Å². The van der Waals surface area contributed by atoms with E-state index in [4.69, 9.17) is 5.26 Å². The zero-order valence-corrected chi connectivity index (χ0v) is 11.8.